The van der Waals surface area contributed by atoms with Crippen molar-refractivity contribution in [3.8, 4) is 0 Å². The standard InChI is InChI=1S/C14H18ClNO/c1-11-5-2-3-8-16(11)14(17)10-12-6-4-7-13(15)9-12/h4,6-7,9,11H,2-3,5,8,10H2,1H3/t11-/m1/s1. The molecule has 0 radical (unpaired) electrons. The number of carbonyl (C=O) groups excluding carboxylic acids is 1. The summed E-state index contributed by atoms with van der Waals surface area (Å²) >= 11 is 5.92. The number of halogens is 1. The molecule has 17 heavy (non-hydrogen) atoms. The van der Waals surface area contributed by atoms with Gasteiger partial charge >= 0.3 is 0 Å². The largest absolute Gasteiger partial charge is 0.340 e. The molecule has 1 aliphatic rings. The maximum atomic E-state index is 12.2. The van der Waals surface area contributed by atoms with Crippen LogP contribution in [0.3, 0.4) is 0 Å². The number of nitrogens with zero attached hydrogens (tertiary/aromatic N) is 1. The normalized spacial score (nSPS) is 20.4. The summed E-state index contributed by atoms with van der Waals surface area (Å²) in [6.45, 7) is 3.04. The molecule has 92 valence electrons. The lowest BCUT2D eigenvalue weighted by atomic mass is 10.0. The maximum Gasteiger partial charge on any atom is 0.227 e. The van der Waals surface area contributed by atoms with Crippen molar-refractivity contribution < 1.29 is 4.79 Å². The number of hydrogen-bond acceptors (Lipinski definition) is 1. The molecular formula is C14H18ClNO. The molecule has 3 heteroatoms. The first-order valence-corrected chi connectivity index (χ1v) is 6.58. The number of benzene rings is 1. The monoisotopic (exact) mass is 251 g/mol. The second-order valence-electron chi connectivity index (χ2n) is 4.74. The molecule has 0 aromatic heterocycles. The van der Waals surface area contributed by atoms with Crippen LogP contribution in [0.15, 0.2) is 24.3 Å². The Hall–Kier alpha value is -1.02. The lowest BCUT2D eigenvalue weighted by Crippen LogP contribution is -2.42. The third-order valence-corrected chi connectivity index (χ3v) is 3.60. The van der Waals surface area contributed by atoms with Crippen molar-refractivity contribution in [2.24, 2.45) is 0 Å². The van der Waals surface area contributed by atoms with Crippen LogP contribution >= 0.6 is 11.6 Å². The summed E-state index contributed by atoms with van der Waals surface area (Å²) in [7, 11) is 0. The van der Waals surface area contributed by atoms with Gasteiger partial charge in [0.1, 0.15) is 0 Å². The lowest BCUT2D eigenvalue weighted by Gasteiger charge is -2.33. The van der Waals surface area contributed by atoms with Crippen molar-refractivity contribution in [1.29, 1.82) is 0 Å². The van der Waals surface area contributed by atoms with Crippen molar-refractivity contribution in [1.82, 2.24) is 4.90 Å². The number of likely N-dealkylation sites (tertiary alicyclic amines) is 1. The Morgan fingerprint density at radius 3 is 3.00 bits per heavy atom. The first kappa shape index (κ1) is 12.4. The van der Waals surface area contributed by atoms with Crippen LogP contribution in [0, 0.1) is 0 Å². The first-order chi connectivity index (χ1) is 8.16. The van der Waals surface area contributed by atoms with E-state index < -0.39 is 0 Å². The average molecular weight is 252 g/mol. The minimum atomic E-state index is 0.222. The van der Waals surface area contributed by atoms with E-state index in [0.717, 1.165) is 24.9 Å². The fraction of sp³-hybridized carbons (Fsp3) is 0.500. The summed E-state index contributed by atoms with van der Waals surface area (Å²) in [6.07, 6.45) is 3.96. The van der Waals surface area contributed by atoms with Crippen LogP contribution < -0.4 is 0 Å². The van der Waals surface area contributed by atoms with E-state index in [1.807, 2.05) is 29.2 Å². The van der Waals surface area contributed by atoms with Gasteiger partial charge in [0.25, 0.3) is 0 Å². The van der Waals surface area contributed by atoms with Gasteiger partial charge in [-0.3, -0.25) is 4.79 Å². The molecule has 1 aliphatic heterocycles. The van der Waals surface area contributed by atoms with Gasteiger partial charge in [-0.05, 0) is 43.9 Å². The zero-order valence-corrected chi connectivity index (χ0v) is 10.9. The van der Waals surface area contributed by atoms with E-state index in [4.69, 9.17) is 11.6 Å². The van der Waals surface area contributed by atoms with E-state index in [1.54, 1.807) is 0 Å². The molecule has 0 aliphatic carbocycles. The Morgan fingerprint density at radius 1 is 1.47 bits per heavy atom. The molecular weight excluding hydrogens is 234 g/mol. The quantitative estimate of drug-likeness (QED) is 0.790. The van der Waals surface area contributed by atoms with Gasteiger partial charge in [0.05, 0.1) is 6.42 Å². The van der Waals surface area contributed by atoms with E-state index in [-0.39, 0.29) is 5.91 Å². The molecule has 0 unspecified atom stereocenters. The van der Waals surface area contributed by atoms with Crippen molar-refractivity contribution in [2.75, 3.05) is 6.54 Å². The van der Waals surface area contributed by atoms with E-state index in [0.29, 0.717) is 17.5 Å². The number of rotatable bonds is 2. The van der Waals surface area contributed by atoms with E-state index >= 15 is 0 Å². The minimum Gasteiger partial charge on any atom is -0.340 e. The highest BCUT2D eigenvalue weighted by Crippen LogP contribution is 2.18. The predicted molar refractivity (Wildman–Crippen MR) is 70.2 cm³/mol. The molecule has 2 rings (SSSR count). The Labute approximate surface area is 108 Å². The fourth-order valence-corrected chi connectivity index (χ4v) is 2.60. The smallest absolute Gasteiger partial charge is 0.227 e. The van der Waals surface area contributed by atoms with Gasteiger partial charge in [-0.1, -0.05) is 23.7 Å². The van der Waals surface area contributed by atoms with Crippen LogP contribution in [0.2, 0.25) is 5.02 Å². The Morgan fingerprint density at radius 2 is 2.29 bits per heavy atom. The summed E-state index contributed by atoms with van der Waals surface area (Å²) < 4.78 is 0. The van der Waals surface area contributed by atoms with Crippen LogP contribution in [0.1, 0.15) is 31.7 Å². The van der Waals surface area contributed by atoms with Gasteiger partial charge in [0, 0.05) is 17.6 Å². The van der Waals surface area contributed by atoms with Crippen LogP contribution in [-0.2, 0) is 11.2 Å². The van der Waals surface area contributed by atoms with Crippen LogP contribution in [0.4, 0.5) is 0 Å². The summed E-state index contributed by atoms with van der Waals surface area (Å²) in [4.78, 5) is 14.2. The lowest BCUT2D eigenvalue weighted by molar-refractivity contribution is -0.133. The molecule has 1 aromatic carbocycles. The molecule has 0 spiro atoms. The molecule has 2 nitrogen and oxygen atoms in total. The molecule has 0 saturated carbocycles. The average Bonchev–Trinajstić information content (AvgIpc) is 2.29. The van der Waals surface area contributed by atoms with Crippen molar-refractivity contribution in [2.45, 2.75) is 38.6 Å². The second-order valence-corrected chi connectivity index (χ2v) is 5.18. The summed E-state index contributed by atoms with van der Waals surface area (Å²) in [5, 5.41) is 0.696. The predicted octanol–water partition coefficient (Wildman–Crippen LogP) is 3.28. The van der Waals surface area contributed by atoms with Gasteiger partial charge < -0.3 is 4.90 Å². The highest BCUT2D eigenvalue weighted by Gasteiger charge is 2.22. The van der Waals surface area contributed by atoms with Gasteiger partial charge in [-0.25, -0.2) is 0 Å². The van der Waals surface area contributed by atoms with Crippen LogP contribution in [0.5, 0.6) is 0 Å². The van der Waals surface area contributed by atoms with Crippen molar-refractivity contribution >= 4 is 17.5 Å². The Balaban J connectivity index is 2.01. The second kappa shape index (κ2) is 5.54. The topological polar surface area (TPSA) is 20.3 Å². The SMILES string of the molecule is C[C@@H]1CCCCN1C(=O)Cc1cccc(Cl)c1. The summed E-state index contributed by atoms with van der Waals surface area (Å²) in [6, 6.07) is 7.94. The molecule has 1 aromatic rings. The maximum absolute atomic E-state index is 12.2. The molecule has 1 heterocycles. The molecule has 0 bridgehead atoms. The summed E-state index contributed by atoms with van der Waals surface area (Å²) in [5.41, 5.74) is 1.00. The van der Waals surface area contributed by atoms with Crippen molar-refractivity contribution in [3.63, 3.8) is 0 Å². The Bertz CT molecular complexity index is 405. The third kappa shape index (κ3) is 3.22. The molecule has 1 saturated heterocycles. The van der Waals surface area contributed by atoms with Gasteiger partial charge in [0.2, 0.25) is 5.91 Å². The van der Waals surface area contributed by atoms with E-state index in [9.17, 15) is 4.79 Å². The summed E-state index contributed by atoms with van der Waals surface area (Å²) in [5.74, 6) is 0.222. The van der Waals surface area contributed by atoms with Crippen molar-refractivity contribution in [3.05, 3.63) is 34.9 Å². The van der Waals surface area contributed by atoms with Crippen LogP contribution in [-0.4, -0.2) is 23.4 Å². The van der Waals surface area contributed by atoms with Gasteiger partial charge in [-0.2, -0.15) is 0 Å². The molecule has 1 amide bonds. The van der Waals surface area contributed by atoms with E-state index in [1.165, 1.54) is 6.42 Å². The van der Waals surface area contributed by atoms with Gasteiger partial charge in [0.15, 0.2) is 0 Å². The zero-order valence-electron chi connectivity index (χ0n) is 10.2. The molecule has 0 N–H and O–H groups in total. The number of piperidine rings is 1. The zero-order chi connectivity index (χ0) is 12.3. The number of hydrogen-bond donors (Lipinski definition) is 0. The third-order valence-electron chi connectivity index (χ3n) is 3.37. The van der Waals surface area contributed by atoms with E-state index in [2.05, 4.69) is 6.92 Å². The highest BCUT2D eigenvalue weighted by molar-refractivity contribution is 6.30. The van der Waals surface area contributed by atoms with Gasteiger partial charge in [-0.15, -0.1) is 0 Å². The van der Waals surface area contributed by atoms with Crippen LogP contribution in [0.25, 0.3) is 0 Å². The number of carbonyl (C=O) groups is 1. The Kier molecular flexibility index (Phi) is 4.06. The minimum absolute atomic E-state index is 0.222. The first-order valence-electron chi connectivity index (χ1n) is 6.21. The number of amides is 1. The molecule has 1 atom stereocenters. The highest BCUT2D eigenvalue weighted by atomic mass is 35.5. The fourth-order valence-electron chi connectivity index (χ4n) is 2.39. The molecule has 1 fully saturated rings.